The summed E-state index contributed by atoms with van der Waals surface area (Å²) in [5.74, 6) is -0.956. The molecule has 5 nitrogen and oxygen atoms in total. The molecule has 0 amide bonds. The van der Waals surface area contributed by atoms with Crippen LogP contribution in [0.3, 0.4) is 0 Å². The van der Waals surface area contributed by atoms with E-state index in [2.05, 4.69) is 21.8 Å². The van der Waals surface area contributed by atoms with Gasteiger partial charge in [-0.05, 0) is 19.4 Å². The van der Waals surface area contributed by atoms with E-state index in [9.17, 15) is 4.79 Å². The predicted molar refractivity (Wildman–Crippen MR) is 58.3 cm³/mol. The molecule has 16 heavy (non-hydrogen) atoms. The molecular weight excluding hydrogens is 206 g/mol. The number of hydrogen-bond donors (Lipinski definition) is 1. The maximum absolute atomic E-state index is 11.0. The topological polar surface area (TPSA) is 66.3 Å². The molecule has 0 saturated carbocycles. The molecule has 1 aromatic heterocycles. The summed E-state index contributed by atoms with van der Waals surface area (Å²) in [4.78, 5) is 21.3. The standard InChI is InChI=1S/C11H15N3O2/c1-2-4-14-5-3-8-9(6-14)12-7-13-10(8)11(15)16/h7H,2-6H2,1H3,(H,15,16). The van der Waals surface area contributed by atoms with Crippen LogP contribution in [0, 0.1) is 0 Å². The van der Waals surface area contributed by atoms with Gasteiger partial charge in [-0.15, -0.1) is 0 Å². The van der Waals surface area contributed by atoms with Crippen LogP contribution in [-0.4, -0.2) is 39.0 Å². The van der Waals surface area contributed by atoms with Crippen molar-refractivity contribution in [1.82, 2.24) is 14.9 Å². The van der Waals surface area contributed by atoms with Crippen molar-refractivity contribution in [3.8, 4) is 0 Å². The lowest BCUT2D eigenvalue weighted by molar-refractivity contribution is 0.0687. The zero-order valence-electron chi connectivity index (χ0n) is 9.31. The third kappa shape index (κ3) is 2.04. The van der Waals surface area contributed by atoms with E-state index in [1.807, 2.05) is 0 Å². The van der Waals surface area contributed by atoms with Crippen LogP contribution in [-0.2, 0) is 13.0 Å². The van der Waals surface area contributed by atoms with Crippen molar-refractivity contribution in [3.05, 3.63) is 23.3 Å². The van der Waals surface area contributed by atoms with Crippen molar-refractivity contribution in [1.29, 1.82) is 0 Å². The van der Waals surface area contributed by atoms with Gasteiger partial charge in [0.05, 0.1) is 5.69 Å². The maximum atomic E-state index is 11.0. The summed E-state index contributed by atoms with van der Waals surface area (Å²) >= 11 is 0. The van der Waals surface area contributed by atoms with Crippen LogP contribution < -0.4 is 0 Å². The second-order valence-electron chi connectivity index (χ2n) is 3.98. The van der Waals surface area contributed by atoms with Crippen molar-refractivity contribution >= 4 is 5.97 Å². The van der Waals surface area contributed by atoms with Crippen molar-refractivity contribution < 1.29 is 9.90 Å². The minimum Gasteiger partial charge on any atom is -0.477 e. The molecule has 0 aliphatic carbocycles. The summed E-state index contributed by atoms with van der Waals surface area (Å²) in [5, 5.41) is 9.01. The largest absolute Gasteiger partial charge is 0.477 e. The highest BCUT2D eigenvalue weighted by Crippen LogP contribution is 2.19. The van der Waals surface area contributed by atoms with Gasteiger partial charge in [0.15, 0.2) is 5.69 Å². The summed E-state index contributed by atoms with van der Waals surface area (Å²) in [7, 11) is 0. The van der Waals surface area contributed by atoms with Gasteiger partial charge in [0, 0.05) is 18.7 Å². The average Bonchev–Trinajstić information content (AvgIpc) is 2.28. The molecule has 5 heteroatoms. The Kier molecular flexibility index (Phi) is 3.14. The summed E-state index contributed by atoms with van der Waals surface area (Å²) in [6, 6.07) is 0. The fourth-order valence-corrected chi connectivity index (χ4v) is 2.10. The van der Waals surface area contributed by atoms with Crippen LogP contribution in [0.15, 0.2) is 6.33 Å². The summed E-state index contributed by atoms with van der Waals surface area (Å²) < 4.78 is 0. The van der Waals surface area contributed by atoms with Gasteiger partial charge >= 0.3 is 5.97 Å². The molecule has 0 fully saturated rings. The fraction of sp³-hybridized carbons (Fsp3) is 0.545. The first-order chi connectivity index (χ1) is 7.72. The van der Waals surface area contributed by atoms with Crippen molar-refractivity contribution in [2.24, 2.45) is 0 Å². The van der Waals surface area contributed by atoms with Crippen LogP contribution in [0.25, 0.3) is 0 Å². The van der Waals surface area contributed by atoms with E-state index < -0.39 is 5.97 Å². The van der Waals surface area contributed by atoms with Crippen LogP contribution in [0.2, 0.25) is 0 Å². The second kappa shape index (κ2) is 4.57. The number of carboxylic acids is 1. The number of fused-ring (bicyclic) bond motifs is 1. The molecule has 0 saturated heterocycles. The van der Waals surface area contributed by atoms with E-state index in [0.29, 0.717) is 0 Å². The van der Waals surface area contributed by atoms with Gasteiger partial charge < -0.3 is 5.11 Å². The Bertz CT molecular complexity index is 406. The monoisotopic (exact) mass is 221 g/mol. The highest BCUT2D eigenvalue weighted by atomic mass is 16.4. The van der Waals surface area contributed by atoms with Gasteiger partial charge in [0.25, 0.3) is 0 Å². The highest BCUT2D eigenvalue weighted by molar-refractivity contribution is 5.87. The molecule has 2 heterocycles. The van der Waals surface area contributed by atoms with E-state index in [-0.39, 0.29) is 5.69 Å². The molecular formula is C11H15N3O2. The molecule has 1 aliphatic heterocycles. The minimum atomic E-state index is -0.956. The molecule has 0 atom stereocenters. The number of aromatic carboxylic acids is 1. The molecule has 1 aliphatic rings. The van der Waals surface area contributed by atoms with E-state index in [1.165, 1.54) is 6.33 Å². The summed E-state index contributed by atoms with van der Waals surface area (Å²) in [5.41, 5.74) is 1.84. The molecule has 0 spiro atoms. The predicted octanol–water partition coefficient (Wildman–Crippen LogP) is 0.943. The fourth-order valence-electron chi connectivity index (χ4n) is 2.10. The van der Waals surface area contributed by atoms with Gasteiger partial charge in [-0.3, -0.25) is 4.90 Å². The Labute approximate surface area is 94.1 Å². The Morgan fingerprint density at radius 3 is 3.06 bits per heavy atom. The van der Waals surface area contributed by atoms with Gasteiger partial charge in [-0.1, -0.05) is 6.92 Å². The number of carbonyl (C=O) groups is 1. The Morgan fingerprint density at radius 1 is 1.56 bits per heavy atom. The Balaban J connectivity index is 2.27. The lowest BCUT2D eigenvalue weighted by Gasteiger charge is -2.27. The molecule has 86 valence electrons. The number of aromatic nitrogens is 2. The van der Waals surface area contributed by atoms with Gasteiger partial charge in [-0.25, -0.2) is 14.8 Å². The van der Waals surface area contributed by atoms with Gasteiger partial charge in [-0.2, -0.15) is 0 Å². The van der Waals surface area contributed by atoms with E-state index >= 15 is 0 Å². The molecule has 0 aromatic carbocycles. The van der Waals surface area contributed by atoms with Crippen molar-refractivity contribution in [3.63, 3.8) is 0 Å². The quantitative estimate of drug-likeness (QED) is 0.823. The lowest BCUT2D eigenvalue weighted by atomic mass is 10.0. The third-order valence-corrected chi connectivity index (χ3v) is 2.83. The maximum Gasteiger partial charge on any atom is 0.354 e. The number of hydrogen-bond acceptors (Lipinski definition) is 4. The second-order valence-corrected chi connectivity index (χ2v) is 3.98. The summed E-state index contributed by atoms with van der Waals surface area (Å²) in [6.07, 6.45) is 3.18. The molecule has 0 bridgehead atoms. The Hall–Kier alpha value is -1.49. The first kappa shape index (κ1) is 11.0. The highest BCUT2D eigenvalue weighted by Gasteiger charge is 2.22. The van der Waals surface area contributed by atoms with E-state index in [0.717, 1.165) is 43.7 Å². The Morgan fingerprint density at radius 2 is 2.38 bits per heavy atom. The van der Waals surface area contributed by atoms with Crippen molar-refractivity contribution in [2.45, 2.75) is 26.3 Å². The number of rotatable bonds is 3. The molecule has 0 radical (unpaired) electrons. The average molecular weight is 221 g/mol. The van der Waals surface area contributed by atoms with Gasteiger partial charge in [0.1, 0.15) is 6.33 Å². The summed E-state index contributed by atoms with van der Waals surface area (Å²) in [6.45, 7) is 4.81. The first-order valence-electron chi connectivity index (χ1n) is 5.50. The minimum absolute atomic E-state index is 0.168. The SMILES string of the molecule is CCCN1CCc2c(ncnc2C(=O)O)C1. The van der Waals surface area contributed by atoms with E-state index in [1.54, 1.807) is 0 Å². The van der Waals surface area contributed by atoms with E-state index in [4.69, 9.17) is 5.11 Å². The molecule has 2 rings (SSSR count). The zero-order chi connectivity index (χ0) is 11.5. The van der Waals surface area contributed by atoms with Crippen LogP contribution in [0.5, 0.6) is 0 Å². The molecule has 0 unspecified atom stereocenters. The zero-order valence-corrected chi connectivity index (χ0v) is 9.31. The van der Waals surface area contributed by atoms with Crippen LogP contribution in [0.4, 0.5) is 0 Å². The molecule has 1 N–H and O–H groups in total. The van der Waals surface area contributed by atoms with Crippen LogP contribution in [0.1, 0.15) is 35.1 Å². The third-order valence-electron chi connectivity index (χ3n) is 2.83. The molecule has 1 aromatic rings. The number of nitrogens with zero attached hydrogens (tertiary/aromatic N) is 3. The van der Waals surface area contributed by atoms with Gasteiger partial charge in [0.2, 0.25) is 0 Å². The smallest absolute Gasteiger partial charge is 0.354 e. The number of carboxylic acid groups (broad SMARTS) is 1. The van der Waals surface area contributed by atoms with Crippen molar-refractivity contribution in [2.75, 3.05) is 13.1 Å². The van der Waals surface area contributed by atoms with Crippen LogP contribution >= 0.6 is 0 Å². The first-order valence-corrected chi connectivity index (χ1v) is 5.50. The normalized spacial score (nSPS) is 15.8. The lowest BCUT2D eigenvalue weighted by Crippen LogP contribution is -2.33.